The third-order valence-corrected chi connectivity index (χ3v) is 1.28. The van der Waals surface area contributed by atoms with Crippen molar-refractivity contribution in [3.63, 3.8) is 0 Å². The van der Waals surface area contributed by atoms with E-state index in [1.54, 1.807) is 0 Å². The molecule has 0 aliphatic heterocycles. The summed E-state index contributed by atoms with van der Waals surface area (Å²) in [5.74, 6) is -1.16. The summed E-state index contributed by atoms with van der Waals surface area (Å²) < 4.78 is 39.5. The number of aldehydes is 1. The molecule has 0 radical (unpaired) electrons. The molecule has 0 spiro atoms. The molecular weight excluding hydrogens is 203 g/mol. The van der Waals surface area contributed by atoms with Crippen molar-refractivity contribution in [2.24, 2.45) is 5.73 Å². The zero-order valence-corrected chi connectivity index (χ0v) is 7.22. The van der Waals surface area contributed by atoms with Crippen LogP contribution in [0.4, 0.5) is 13.2 Å². The molecule has 7 heteroatoms. The van der Waals surface area contributed by atoms with E-state index in [-0.39, 0.29) is 6.29 Å². The summed E-state index contributed by atoms with van der Waals surface area (Å²) in [5, 5.41) is 0. The minimum absolute atomic E-state index is 0.111. The molecule has 0 unspecified atom stereocenters. The molecule has 0 aromatic carbocycles. The SMILES string of the molecule is COC(=O)/C(N)=C(/C=O)CC(F)(F)F. The largest absolute Gasteiger partial charge is 0.464 e. The van der Waals surface area contributed by atoms with Gasteiger partial charge in [-0.05, 0) is 0 Å². The molecule has 0 fully saturated rings. The minimum Gasteiger partial charge on any atom is -0.464 e. The van der Waals surface area contributed by atoms with E-state index in [4.69, 9.17) is 5.73 Å². The third kappa shape index (κ3) is 3.92. The van der Waals surface area contributed by atoms with Crippen LogP contribution >= 0.6 is 0 Å². The minimum atomic E-state index is -4.59. The molecule has 0 aromatic rings. The van der Waals surface area contributed by atoms with Gasteiger partial charge in [0.15, 0.2) is 0 Å². The van der Waals surface area contributed by atoms with Gasteiger partial charge in [-0.3, -0.25) is 4.79 Å². The average molecular weight is 211 g/mol. The highest BCUT2D eigenvalue weighted by Crippen LogP contribution is 2.24. The van der Waals surface area contributed by atoms with E-state index in [2.05, 4.69) is 4.74 Å². The van der Waals surface area contributed by atoms with Crippen molar-refractivity contribution >= 4 is 12.3 Å². The lowest BCUT2D eigenvalue weighted by Gasteiger charge is -2.07. The number of ether oxygens (including phenoxy) is 1. The number of rotatable bonds is 3. The van der Waals surface area contributed by atoms with Crippen molar-refractivity contribution in [2.45, 2.75) is 12.6 Å². The molecule has 4 nitrogen and oxygen atoms in total. The zero-order valence-electron chi connectivity index (χ0n) is 7.22. The van der Waals surface area contributed by atoms with Gasteiger partial charge in [-0.15, -0.1) is 0 Å². The Morgan fingerprint density at radius 3 is 2.29 bits per heavy atom. The molecule has 0 heterocycles. The van der Waals surface area contributed by atoms with Gasteiger partial charge in [-0.1, -0.05) is 0 Å². The molecule has 0 saturated heterocycles. The van der Waals surface area contributed by atoms with Crippen LogP contribution < -0.4 is 5.73 Å². The van der Waals surface area contributed by atoms with Gasteiger partial charge in [0, 0.05) is 5.57 Å². The van der Waals surface area contributed by atoms with Crippen LogP contribution in [-0.2, 0) is 14.3 Å². The average Bonchev–Trinajstić information content (AvgIpc) is 2.10. The van der Waals surface area contributed by atoms with Gasteiger partial charge in [-0.2, -0.15) is 13.2 Å². The number of carbonyl (C=O) groups is 2. The van der Waals surface area contributed by atoms with Gasteiger partial charge in [0.2, 0.25) is 0 Å². The standard InChI is InChI=1S/C7H8F3NO3/c1-14-6(13)5(11)4(3-12)2-7(8,9)10/h3H,2,11H2,1H3/b5-4-. The molecule has 0 bridgehead atoms. The van der Waals surface area contributed by atoms with Crippen LogP contribution in [0.3, 0.4) is 0 Å². The van der Waals surface area contributed by atoms with Gasteiger partial charge in [-0.25, -0.2) is 4.79 Å². The van der Waals surface area contributed by atoms with E-state index in [9.17, 15) is 22.8 Å². The van der Waals surface area contributed by atoms with Gasteiger partial charge in [0.1, 0.15) is 12.0 Å². The summed E-state index contributed by atoms with van der Waals surface area (Å²) in [4.78, 5) is 20.9. The lowest BCUT2D eigenvalue weighted by atomic mass is 10.1. The van der Waals surface area contributed by atoms with Crippen molar-refractivity contribution in [1.82, 2.24) is 0 Å². The van der Waals surface area contributed by atoms with E-state index in [0.29, 0.717) is 0 Å². The monoisotopic (exact) mass is 211 g/mol. The Balaban J connectivity index is 4.86. The number of methoxy groups -OCH3 is 1. The lowest BCUT2D eigenvalue weighted by Crippen LogP contribution is -2.20. The first-order chi connectivity index (χ1) is 6.31. The van der Waals surface area contributed by atoms with Crippen molar-refractivity contribution in [2.75, 3.05) is 7.11 Å². The lowest BCUT2D eigenvalue weighted by molar-refractivity contribution is -0.137. The van der Waals surface area contributed by atoms with Gasteiger partial charge in [0.25, 0.3) is 0 Å². The van der Waals surface area contributed by atoms with Crippen molar-refractivity contribution in [3.8, 4) is 0 Å². The Hall–Kier alpha value is -1.53. The number of esters is 1. The Morgan fingerprint density at radius 1 is 1.50 bits per heavy atom. The quantitative estimate of drug-likeness (QED) is 0.420. The fourth-order valence-corrected chi connectivity index (χ4v) is 0.657. The van der Waals surface area contributed by atoms with E-state index < -0.39 is 29.8 Å². The number of nitrogens with two attached hydrogens (primary N) is 1. The summed E-state index contributed by atoms with van der Waals surface area (Å²) in [6.45, 7) is 0. The first kappa shape index (κ1) is 12.5. The van der Waals surface area contributed by atoms with Gasteiger partial charge < -0.3 is 10.5 Å². The van der Waals surface area contributed by atoms with E-state index in [1.165, 1.54) is 0 Å². The molecule has 0 amide bonds. The number of carbonyl (C=O) groups excluding carboxylic acids is 2. The van der Waals surface area contributed by atoms with Crippen LogP contribution in [0.5, 0.6) is 0 Å². The highest BCUT2D eigenvalue weighted by Gasteiger charge is 2.31. The normalized spacial score (nSPS) is 13.1. The van der Waals surface area contributed by atoms with E-state index in [0.717, 1.165) is 7.11 Å². The van der Waals surface area contributed by atoms with Gasteiger partial charge >= 0.3 is 12.1 Å². The molecule has 0 saturated carbocycles. The number of alkyl halides is 3. The second-order valence-corrected chi connectivity index (χ2v) is 2.34. The molecule has 0 aliphatic carbocycles. The molecule has 0 atom stereocenters. The maximum Gasteiger partial charge on any atom is 0.393 e. The predicted molar refractivity (Wildman–Crippen MR) is 40.0 cm³/mol. The van der Waals surface area contributed by atoms with Crippen LogP contribution in [0, 0.1) is 0 Å². The second-order valence-electron chi connectivity index (χ2n) is 2.34. The molecular formula is C7H8F3NO3. The summed E-state index contributed by atoms with van der Waals surface area (Å²) >= 11 is 0. The van der Waals surface area contributed by atoms with Crippen molar-refractivity contribution in [1.29, 1.82) is 0 Å². The topological polar surface area (TPSA) is 69.4 Å². The maximum atomic E-state index is 11.8. The van der Waals surface area contributed by atoms with Crippen LogP contribution in [0.15, 0.2) is 11.3 Å². The Labute approximate surface area is 77.5 Å². The molecule has 0 aromatic heterocycles. The number of hydrogen-bond acceptors (Lipinski definition) is 4. The van der Waals surface area contributed by atoms with Crippen molar-refractivity contribution in [3.05, 3.63) is 11.3 Å². The third-order valence-electron chi connectivity index (χ3n) is 1.28. The smallest absolute Gasteiger partial charge is 0.393 e. The Kier molecular flexibility index (Phi) is 4.13. The molecule has 0 rings (SSSR count). The first-order valence-corrected chi connectivity index (χ1v) is 3.40. The maximum absolute atomic E-state index is 11.8. The van der Waals surface area contributed by atoms with Crippen LogP contribution in [-0.4, -0.2) is 25.5 Å². The summed E-state index contributed by atoms with van der Waals surface area (Å²) in [5.41, 5.74) is 3.31. The summed E-state index contributed by atoms with van der Waals surface area (Å²) in [6.07, 6.45) is -6.24. The zero-order chi connectivity index (χ0) is 11.4. The molecule has 2 N–H and O–H groups in total. The second kappa shape index (κ2) is 4.64. The summed E-state index contributed by atoms with van der Waals surface area (Å²) in [7, 11) is 0.950. The molecule has 0 aliphatic rings. The predicted octanol–water partition coefficient (Wildman–Crippen LogP) is 0.524. The van der Waals surface area contributed by atoms with Gasteiger partial charge in [0.05, 0.1) is 13.5 Å². The van der Waals surface area contributed by atoms with E-state index in [1.807, 2.05) is 0 Å². The van der Waals surface area contributed by atoms with Crippen LogP contribution in [0.1, 0.15) is 6.42 Å². The fraction of sp³-hybridized carbons (Fsp3) is 0.429. The Bertz CT molecular complexity index is 270. The number of halogens is 3. The first-order valence-electron chi connectivity index (χ1n) is 3.40. The number of allylic oxidation sites excluding steroid dienone is 1. The molecule has 14 heavy (non-hydrogen) atoms. The summed E-state index contributed by atoms with van der Waals surface area (Å²) in [6, 6.07) is 0. The number of hydrogen-bond donors (Lipinski definition) is 1. The molecule has 80 valence electrons. The fourth-order valence-electron chi connectivity index (χ4n) is 0.657. The Morgan fingerprint density at radius 2 is 2.00 bits per heavy atom. The van der Waals surface area contributed by atoms with Crippen molar-refractivity contribution < 1.29 is 27.5 Å². The van der Waals surface area contributed by atoms with Crippen LogP contribution in [0.25, 0.3) is 0 Å². The van der Waals surface area contributed by atoms with Crippen LogP contribution in [0.2, 0.25) is 0 Å². The highest BCUT2D eigenvalue weighted by molar-refractivity contribution is 5.94. The van der Waals surface area contributed by atoms with E-state index >= 15 is 0 Å². The highest BCUT2D eigenvalue weighted by atomic mass is 19.4.